The van der Waals surface area contributed by atoms with Crippen LogP contribution >= 0.6 is 0 Å². The van der Waals surface area contributed by atoms with Crippen molar-refractivity contribution in [2.45, 2.75) is 59.2 Å². The maximum absolute atomic E-state index is 10.7. The number of carbonyl (C=O) groups is 1. The maximum atomic E-state index is 10.7. The quantitative estimate of drug-likeness (QED) is 0.505. The molecule has 0 aromatic rings. The number of rotatable bonds is 8. The summed E-state index contributed by atoms with van der Waals surface area (Å²) in [6.45, 7) is 7.34. The van der Waals surface area contributed by atoms with Gasteiger partial charge < -0.3 is 14.2 Å². The van der Waals surface area contributed by atoms with Crippen molar-refractivity contribution in [3.8, 4) is 0 Å². The summed E-state index contributed by atoms with van der Waals surface area (Å²) in [5, 5.41) is 0. The molecule has 1 heterocycles. The molecule has 0 radical (unpaired) electrons. The molecule has 0 amide bonds. The van der Waals surface area contributed by atoms with E-state index in [9.17, 15) is 4.79 Å². The first kappa shape index (κ1) is 17.9. The van der Waals surface area contributed by atoms with Gasteiger partial charge in [0, 0.05) is 13.5 Å². The third-order valence-electron chi connectivity index (χ3n) is 3.39. The van der Waals surface area contributed by atoms with Crippen LogP contribution in [0.15, 0.2) is 23.3 Å². The van der Waals surface area contributed by atoms with Crippen LogP contribution in [-0.4, -0.2) is 32.1 Å². The van der Waals surface area contributed by atoms with Crippen LogP contribution in [-0.2, 0) is 19.0 Å². The van der Waals surface area contributed by atoms with Crippen LogP contribution in [0.25, 0.3) is 0 Å². The van der Waals surface area contributed by atoms with Crippen LogP contribution in [0, 0.1) is 0 Å². The van der Waals surface area contributed by atoms with Crippen LogP contribution in [0.5, 0.6) is 0 Å². The normalized spacial score (nSPS) is 20.4. The van der Waals surface area contributed by atoms with E-state index < -0.39 is 0 Å². The van der Waals surface area contributed by atoms with Crippen molar-refractivity contribution in [2.75, 3.05) is 19.8 Å². The second-order valence-electron chi connectivity index (χ2n) is 5.55. The molecule has 0 spiro atoms. The van der Waals surface area contributed by atoms with E-state index in [1.807, 2.05) is 6.92 Å². The van der Waals surface area contributed by atoms with Crippen LogP contribution in [0.1, 0.15) is 52.9 Å². The van der Waals surface area contributed by atoms with Crippen LogP contribution < -0.4 is 0 Å². The minimum absolute atomic E-state index is 0.0198. The molecule has 1 unspecified atom stereocenters. The van der Waals surface area contributed by atoms with Gasteiger partial charge >= 0.3 is 5.97 Å². The predicted octanol–water partition coefficient (Wildman–Crippen LogP) is 3.77. The second kappa shape index (κ2) is 10.6. The van der Waals surface area contributed by atoms with Gasteiger partial charge in [-0.05, 0) is 51.5 Å². The molecule has 1 atom stereocenters. The van der Waals surface area contributed by atoms with Gasteiger partial charge in [-0.3, -0.25) is 4.79 Å². The van der Waals surface area contributed by atoms with E-state index in [1.54, 1.807) is 0 Å². The maximum Gasteiger partial charge on any atom is 0.302 e. The number of ether oxygens (including phenoxy) is 3. The SMILES string of the molecule is CC(=O)OC/C(C)=C/CC/C(C)=C\COC1CCCCO1. The fraction of sp³-hybridized carbons (Fsp3) is 0.706. The average molecular weight is 296 g/mol. The third kappa shape index (κ3) is 9.43. The molecule has 0 aliphatic carbocycles. The zero-order valence-electron chi connectivity index (χ0n) is 13.5. The first-order valence-electron chi connectivity index (χ1n) is 7.75. The molecule has 4 nitrogen and oxygen atoms in total. The fourth-order valence-electron chi connectivity index (χ4n) is 2.06. The second-order valence-corrected chi connectivity index (χ2v) is 5.55. The summed E-state index contributed by atoms with van der Waals surface area (Å²) < 4.78 is 16.1. The monoisotopic (exact) mass is 296 g/mol. The lowest BCUT2D eigenvalue weighted by molar-refractivity contribution is -0.155. The first-order valence-corrected chi connectivity index (χ1v) is 7.75. The van der Waals surface area contributed by atoms with Crippen molar-refractivity contribution in [2.24, 2.45) is 0 Å². The Labute approximate surface area is 128 Å². The number of allylic oxidation sites excluding steroid dienone is 2. The topological polar surface area (TPSA) is 44.8 Å². The summed E-state index contributed by atoms with van der Waals surface area (Å²) in [5.74, 6) is -0.235. The molecule has 0 N–H and O–H groups in total. The zero-order valence-corrected chi connectivity index (χ0v) is 13.5. The van der Waals surface area contributed by atoms with Gasteiger partial charge in [0.25, 0.3) is 0 Å². The lowest BCUT2D eigenvalue weighted by atomic mass is 10.1. The van der Waals surface area contributed by atoms with E-state index in [1.165, 1.54) is 18.9 Å². The molecule has 120 valence electrons. The van der Waals surface area contributed by atoms with Gasteiger partial charge in [0.15, 0.2) is 6.29 Å². The van der Waals surface area contributed by atoms with Crippen molar-refractivity contribution in [1.29, 1.82) is 0 Å². The summed E-state index contributed by atoms with van der Waals surface area (Å²) >= 11 is 0. The van der Waals surface area contributed by atoms with Crippen molar-refractivity contribution >= 4 is 5.97 Å². The number of carbonyl (C=O) groups excluding carboxylic acids is 1. The molecule has 0 saturated carbocycles. The van der Waals surface area contributed by atoms with Crippen LogP contribution in [0.3, 0.4) is 0 Å². The van der Waals surface area contributed by atoms with Crippen LogP contribution in [0.2, 0.25) is 0 Å². The minimum Gasteiger partial charge on any atom is -0.461 e. The Morgan fingerprint density at radius 1 is 1.19 bits per heavy atom. The molecule has 1 rings (SSSR count). The van der Waals surface area contributed by atoms with Gasteiger partial charge in [-0.2, -0.15) is 0 Å². The van der Waals surface area contributed by atoms with E-state index in [4.69, 9.17) is 14.2 Å². The molecule has 4 heteroatoms. The highest BCUT2D eigenvalue weighted by molar-refractivity contribution is 5.66. The van der Waals surface area contributed by atoms with Crippen molar-refractivity contribution in [3.63, 3.8) is 0 Å². The molecule has 1 fully saturated rings. The molecule has 1 aliphatic heterocycles. The Hall–Kier alpha value is -1.13. The van der Waals surface area contributed by atoms with Gasteiger partial charge in [0.1, 0.15) is 6.61 Å². The largest absolute Gasteiger partial charge is 0.461 e. The Balaban J connectivity index is 2.13. The number of hydrogen-bond acceptors (Lipinski definition) is 4. The van der Waals surface area contributed by atoms with E-state index in [0.717, 1.165) is 37.9 Å². The summed E-state index contributed by atoms with van der Waals surface area (Å²) in [5.41, 5.74) is 2.40. The Kier molecular flexibility index (Phi) is 9.02. The smallest absolute Gasteiger partial charge is 0.302 e. The Bertz CT molecular complexity index is 365. The van der Waals surface area contributed by atoms with E-state index in [2.05, 4.69) is 19.1 Å². The molecule has 21 heavy (non-hydrogen) atoms. The van der Waals surface area contributed by atoms with Gasteiger partial charge in [-0.15, -0.1) is 0 Å². The highest BCUT2D eigenvalue weighted by atomic mass is 16.7. The average Bonchev–Trinajstić information content (AvgIpc) is 2.46. The van der Waals surface area contributed by atoms with Gasteiger partial charge in [0.05, 0.1) is 6.61 Å². The van der Waals surface area contributed by atoms with E-state index in [0.29, 0.717) is 13.2 Å². The minimum atomic E-state index is -0.235. The number of hydrogen-bond donors (Lipinski definition) is 0. The number of esters is 1. The molecule has 1 saturated heterocycles. The predicted molar refractivity (Wildman–Crippen MR) is 82.9 cm³/mol. The molecule has 1 aliphatic rings. The molecule has 0 bridgehead atoms. The summed E-state index contributed by atoms with van der Waals surface area (Å²) in [7, 11) is 0. The standard InChI is InChI=1S/C17H28O4/c1-14(7-6-8-15(2)13-21-16(3)18)10-12-20-17-9-4-5-11-19-17/h8,10,17H,4-7,9,11-13H2,1-3H3/b14-10-,15-8+. The van der Waals surface area contributed by atoms with Crippen molar-refractivity contribution < 1.29 is 19.0 Å². The lowest BCUT2D eigenvalue weighted by Crippen LogP contribution is -2.22. The Morgan fingerprint density at radius 2 is 2.00 bits per heavy atom. The third-order valence-corrected chi connectivity index (χ3v) is 3.39. The first-order chi connectivity index (χ1) is 10.1. The van der Waals surface area contributed by atoms with Crippen molar-refractivity contribution in [3.05, 3.63) is 23.3 Å². The van der Waals surface area contributed by atoms with E-state index in [-0.39, 0.29) is 12.3 Å². The van der Waals surface area contributed by atoms with Gasteiger partial charge in [-0.25, -0.2) is 0 Å². The Morgan fingerprint density at radius 3 is 2.67 bits per heavy atom. The molecule has 0 aromatic carbocycles. The van der Waals surface area contributed by atoms with Gasteiger partial charge in [0.2, 0.25) is 0 Å². The lowest BCUT2D eigenvalue weighted by Gasteiger charge is -2.22. The fourth-order valence-corrected chi connectivity index (χ4v) is 2.06. The molecular formula is C17H28O4. The highest BCUT2D eigenvalue weighted by Crippen LogP contribution is 2.14. The van der Waals surface area contributed by atoms with E-state index >= 15 is 0 Å². The van der Waals surface area contributed by atoms with Crippen molar-refractivity contribution in [1.82, 2.24) is 0 Å². The van der Waals surface area contributed by atoms with Crippen LogP contribution in [0.4, 0.5) is 0 Å². The highest BCUT2D eigenvalue weighted by Gasteiger charge is 2.12. The zero-order chi connectivity index (χ0) is 15.5. The van der Waals surface area contributed by atoms with Gasteiger partial charge in [-0.1, -0.05) is 17.7 Å². The summed E-state index contributed by atoms with van der Waals surface area (Å²) in [6.07, 6.45) is 9.51. The summed E-state index contributed by atoms with van der Waals surface area (Å²) in [4.78, 5) is 10.7. The molecule has 0 aromatic heterocycles. The molecular weight excluding hydrogens is 268 g/mol. The summed E-state index contributed by atoms with van der Waals surface area (Å²) in [6, 6.07) is 0.